The molecule has 0 aliphatic rings. The second-order valence-corrected chi connectivity index (χ2v) is 7.04. The van der Waals surface area contributed by atoms with Crippen LogP contribution in [-0.4, -0.2) is 35.4 Å². The van der Waals surface area contributed by atoms with Crippen LogP contribution in [0.1, 0.15) is 38.3 Å². The standard InChI is InChI=1S/C23H30N2O3/c1-5-18(3)24-23(27)19(4)25(15-20-12-10-9-11-17(20)2)22(26)16-28-21-13-7-6-8-14-21/h6-14,18-19H,5,15-16H2,1-4H3,(H,24,27)/t18-,19-/m1/s1. The third kappa shape index (κ3) is 6.12. The van der Waals surface area contributed by atoms with Gasteiger partial charge in [-0.05, 0) is 50.5 Å². The number of carbonyl (C=O) groups is 2. The van der Waals surface area contributed by atoms with Gasteiger partial charge in [-0.2, -0.15) is 0 Å². The van der Waals surface area contributed by atoms with Crippen LogP contribution >= 0.6 is 0 Å². The second-order valence-electron chi connectivity index (χ2n) is 7.04. The van der Waals surface area contributed by atoms with Crippen LogP contribution in [0.5, 0.6) is 5.75 Å². The number of amides is 2. The van der Waals surface area contributed by atoms with Gasteiger partial charge in [0.2, 0.25) is 5.91 Å². The summed E-state index contributed by atoms with van der Waals surface area (Å²) in [5, 5.41) is 2.97. The van der Waals surface area contributed by atoms with Crippen molar-refractivity contribution in [2.45, 2.75) is 52.7 Å². The molecule has 0 radical (unpaired) electrons. The highest BCUT2D eigenvalue weighted by Crippen LogP contribution is 2.15. The van der Waals surface area contributed by atoms with Crippen molar-refractivity contribution in [3.8, 4) is 5.75 Å². The summed E-state index contributed by atoms with van der Waals surface area (Å²) >= 11 is 0. The molecule has 0 saturated carbocycles. The fourth-order valence-electron chi connectivity index (χ4n) is 2.76. The minimum atomic E-state index is -0.597. The van der Waals surface area contributed by atoms with E-state index in [0.29, 0.717) is 12.3 Å². The predicted octanol–water partition coefficient (Wildman–Crippen LogP) is 3.71. The van der Waals surface area contributed by atoms with Crippen molar-refractivity contribution in [1.29, 1.82) is 0 Å². The van der Waals surface area contributed by atoms with E-state index in [-0.39, 0.29) is 24.5 Å². The zero-order valence-corrected chi connectivity index (χ0v) is 17.1. The van der Waals surface area contributed by atoms with Crippen molar-refractivity contribution >= 4 is 11.8 Å². The lowest BCUT2D eigenvalue weighted by Gasteiger charge is -2.30. The van der Waals surface area contributed by atoms with Crippen molar-refractivity contribution in [2.75, 3.05) is 6.61 Å². The molecule has 0 heterocycles. The summed E-state index contributed by atoms with van der Waals surface area (Å²) in [4.78, 5) is 27.2. The molecule has 0 aliphatic carbocycles. The van der Waals surface area contributed by atoms with Crippen LogP contribution in [-0.2, 0) is 16.1 Å². The van der Waals surface area contributed by atoms with Gasteiger partial charge in [-0.1, -0.05) is 49.4 Å². The van der Waals surface area contributed by atoms with E-state index in [1.54, 1.807) is 24.0 Å². The second kappa shape index (κ2) is 10.5. The molecular formula is C23H30N2O3. The molecule has 0 spiro atoms. The Balaban J connectivity index is 2.15. The van der Waals surface area contributed by atoms with E-state index in [1.807, 2.05) is 63.2 Å². The van der Waals surface area contributed by atoms with Gasteiger partial charge in [0.05, 0.1) is 0 Å². The number of para-hydroxylation sites is 1. The molecule has 0 unspecified atom stereocenters. The van der Waals surface area contributed by atoms with Gasteiger partial charge in [0, 0.05) is 12.6 Å². The topological polar surface area (TPSA) is 58.6 Å². The van der Waals surface area contributed by atoms with Crippen molar-refractivity contribution in [1.82, 2.24) is 10.2 Å². The molecule has 28 heavy (non-hydrogen) atoms. The molecule has 0 aliphatic heterocycles. The van der Waals surface area contributed by atoms with E-state index >= 15 is 0 Å². The first-order chi connectivity index (χ1) is 13.4. The summed E-state index contributed by atoms with van der Waals surface area (Å²) < 4.78 is 5.63. The molecule has 5 heteroatoms. The quantitative estimate of drug-likeness (QED) is 0.719. The normalized spacial score (nSPS) is 12.7. The fraction of sp³-hybridized carbons (Fsp3) is 0.391. The predicted molar refractivity (Wildman–Crippen MR) is 111 cm³/mol. The highest BCUT2D eigenvalue weighted by Gasteiger charge is 2.27. The van der Waals surface area contributed by atoms with Crippen LogP contribution in [0.4, 0.5) is 0 Å². The van der Waals surface area contributed by atoms with E-state index in [2.05, 4.69) is 5.32 Å². The molecule has 0 bridgehead atoms. The van der Waals surface area contributed by atoms with Crippen LogP contribution in [0, 0.1) is 6.92 Å². The van der Waals surface area contributed by atoms with Gasteiger partial charge in [-0.25, -0.2) is 0 Å². The largest absolute Gasteiger partial charge is 0.484 e. The Hall–Kier alpha value is -2.82. The van der Waals surface area contributed by atoms with Crippen molar-refractivity contribution < 1.29 is 14.3 Å². The van der Waals surface area contributed by atoms with Crippen molar-refractivity contribution in [3.63, 3.8) is 0 Å². The highest BCUT2D eigenvalue weighted by atomic mass is 16.5. The van der Waals surface area contributed by atoms with Gasteiger partial charge in [-0.3, -0.25) is 9.59 Å². The van der Waals surface area contributed by atoms with Crippen LogP contribution in [0.3, 0.4) is 0 Å². The fourth-order valence-corrected chi connectivity index (χ4v) is 2.76. The Bertz CT molecular complexity index is 776. The van der Waals surface area contributed by atoms with E-state index in [0.717, 1.165) is 17.5 Å². The first-order valence-electron chi connectivity index (χ1n) is 9.74. The van der Waals surface area contributed by atoms with E-state index in [4.69, 9.17) is 4.74 Å². The molecule has 150 valence electrons. The van der Waals surface area contributed by atoms with Crippen LogP contribution < -0.4 is 10.1 Å². The van der Waals surface area contributed by atoms with Crippen LogP contribution in [0.2, 0.25) is 0 Å². The summed E-state index contributed by atoms with van der Waals surface area (Å²) in [6, 6.07) is 16.6. The Labute approximate surface area is 167 Å². The number of nitrogens with one attached hydrogen (secondary N) is 1. The molecule has 2 rings (SSSR count). The summed E-state index contributed by atoms with van der Waals surface area (Å²) in [5.41, 5.74) is 2.09. The smallest absolute Gasteiger partial charge is 0.261 e. The SMILES string of the molecule is CC[C@@H](C)NC(=O)[C@@H](C)N(Cc1ccccc1C)C(=O)COc1ccccc1. The lowest BCUT2D eigenvalue weighted by atomic mass is 10.1. The van der Waals surface area contributed by atoms with E-state index < -0.39 is 6.04 Å². The minimum absolute atomic E-state index is 0.0610. The number of ether oxygens (including phenoxy) is 1. The van der Waals surface area contributed by atoms with Gasteiger partial charge >= 0.3 is 0 Å². The zero-order chi connectivity index (χ0) is 20.5. The molecule has 0 aromatic heterocycles. The average molecular weight is 383 g/mol. The first kappa shape index (κ1) is 21.5. The Morgan fingerprint density at radius 3 is 2.32 bits per heavy atom. The third-order valence-corrected chi connectivity index (χ3v) is 4.88. The van der Waals surface area contributed by atoms with Crippen LogP contribution in [0.25, 0.3) is 0 Å². The van der Waals surface area contributed by atoms with Crippen molar-refractivity contribution in [2.24, 2.45) is 0 Å². The van der Waals surface area contributed by atoms with Gasteiger partial charge < -0.3 is 15.0 Å². The summed E-state index contributed by atoms with van der Waals surface area (Å²) in [7, 11) is 0. The van der Waals surface area contributed by atoms with E-state index in [9.17, 15) is 9.59 Å². The van der Waals surface area contributed by atoms with Crippen LogP contribution in [0.15, 0.2) is 54.6 Å². The molecular weight excluding hydrogens is 352 g/mol. The summed E-state index contributed by atoms with van der Waals surface area (Å²) in [5.74, 6) is 0.248. The number of rotatable bonds is 9. The molecule has 2 amide bonds. The number of carbonyl (C=O) groups excluding carboxylic acids is 2. The number of aryl methyl sites for hydroxylation is 1. The zero-order valence-electron chi connectivity index (χ0n) is 17.1. The Kier molecular flexibility index (Phi) is 8.05. The lowest BCUT2D eigenvalue weighted by molar-refractivity contribution is -0.142. The minimum Gasteiger partial charge on any atom is -0.484 e. The van der Waals surface area contributed by atoms with Gasteiger partial charge in [-0.15, -0.1) is 0 Å². The number of nitrogens with zero attached hydrogens (tertiary/aromatic N) is 1. The number of hydrogen-bond acceptors (Lipinski definition) is 3. The number of benzene rings is 2. The van der Waals surface area contributed by atoms with E-state index in [1.165, 1.54) is 0 Å². The molecule has 2 aromatic carbocycles. The van der Waals surface area contributed by atoms with Gasteiger partial charge in [0.15, 0.2) is 6.61 Å². The highest BCUT2D eigenvalue weighted by molar-refractivity contribution is 5.88. The first-order valence-corrected chi connectivity index (χ1v) is 9.74. The van der Waals surface area contributed by atoms with Gasteiger partial charge in [0.25, 0.3) is 5.91 Å². The van der Waals surface area contributed by atoms with Gasteiger partial charge in [0.1, 0.15) is 11.8 Å². The third-order valence-electron chi connectivity index (χ3n) is 4.88. The monoisotopic (exact) mass is 382 g/mol. The summed E-state index contributed by atoms with van der Waals surface area (Å²) in [6.07, 6.45) is 0.835. The molecule has 0 fully saturated rings. The Morgan fingerprint density at radius 2 is 1.68 bits per heavy atom. The maximum absolute atomic E-state index is 13.0. The maximum atomic E-state index is 13.0. The molecule has 1 N–H and O–H groups in total. The summed E-state index contributed by atoms with van der Waals surface area (Å²) in [6.45, 7) is 7.98. The molecule has 2 atom stereocenters. The number of hydrogen-bond donors (Lipinski definition) is 1. The average Bonchev–Trinajstić information content (AvgIpc) is 2.71. The lowest BCUT2D eigenvalue weighted by Crippen LogP contribution is -2.50. The molecule has 5 nitrogen and oxygen atoms in total. The molecule has 0 saturated heterocycles. The van der Waals surface area contributed by atoms with Crippen molar-refractivity contribution in [3.05, 3.63) is 65.7 Å². The maximum Gasteiger partial charge on any atom is 0.261 e. The molecule has 2 aromatic rings. The Morgan fingerprint density at radius 1 is 1.04 bits per heavy atom.